The van der Waals surface area contributed by atoms with Crippen molar-refractivity contribution < 1.29 is 42.9 Å². The molecule has 0 heterocycles. The minimum absolute atomic E-state index is 0.146. The average molecular weight is 1050 g/mol. The lowest BCUT2D eigenvalue weighted by Crippen LogP contribution is -2.44. The van der Waals surface area contributed by atoms with Gasteiger partial charge < -0.3 is 33.3 Å². The third-order valence-corrected chi connectivity index (χ3v) is 13.5. The van der Waals surface area contributed by atoms with Crippen LogP contribution in [0, 0.1) is 0 Å². The number of nitrogens with zero attached hydrogens (tertiary/aromatic N) is 1. The predicted molar refractivity (Wildman–Crippen MR) is 315 cm³/mol. The first-order valence-corrected chi connectivity index (χ1v) is 31.1. The summed E-state index contributed by atoms with van der Waals surface area (Å²) >= 11 is 0. The molecule has 0 bridgehead atoms. The third-order valence-electron chi connectivity index (χ3n) is 13.5. The number of likely N-dealkylation sites (N-methyl/N-ethyl adjacent to an activating group) is 1. The quantitative estimate of drug-likeness (QED) is 0.0195. The Morgan fingerprint density at radius 1 is 0.413 bits per heavy atom. The molecule has 0 saturated carbocycles. The average Bonchev–Trinajstić information content (AvgIpc) is 3.38. The van der Waals surface area contributed by atoms with Crippen molar-refractivity contribution in [3.63, 3.8) is 0 Å². The predicted octanol–water partition coefficient (Wildman–Crippen LogP) is 17.2. The van der Waals surface area contributed by atoms with Gasteiger partial charge in [0.25, 0.3) is 0 Å². The van der Waals surface area contributed by atoms with Gasteiger partial charge in [0, 0.05) is 12.8 Å². The smallest absolute Gasteiger partial charge is 0.306 e. The zero-order valence-corrected chi connectivity index (χ0v) is 49.4. The SMILES string of the molecule is CC/C=C\C/C=C\C/C=C\C/C=C\C/C=C\C/C=C\CCCCCCCCCCCCC(=O)OC(COC(=O)CCCCCCCCCCCCCCCCCCCCCCC)COC(OCC[N+](C)(C)C)C(=O)[O-]. The fourth-order valence-corrected chi connectivity index (χ4v) is 8.72. The number of carbonyl (C=O) groups is 3. The maximum atomic E-state index is 12.9. The van der Waals surface area contributed by atoms with Crippen molar-refractivity contribution in [3.8, 4) is 0 Å². The molecule has 0 aliphatic carbocycles. The van der Waals surface area contributed by atoms with Crippen LogP contribution in [0.25, 0.3) is 0 Å². The van der Waals surface area contributed by atoms with Crippen molar-refractivity contribution in [2.24, 2.45) is 0 Å². The van der Waals surface area contributed by atoms with Gasteiger partial charge in [-0.1, -0.05) is 267 Å². The maximum absolute atomic E-state index is 12.9. The highest BCUT2D eigenvalue weighted by Gasteiger charge is 2.22. The van der Waals surface area contributed by atoms with Crippen molar-refractivity contribution in [3.05, 3.63) is 72.9 Å². The molecule has 0 aromatic carbocycles. The molecule has 0 fully saturated rings. The molecule has 0 saturated heterocycles. The van der Waals surface area contributed by atoms with Crippen LogP contribution >= 0.6 is 0 Å². The topological polar surface area (TPSA) is 111 Å². The van der Waals surface area contributed by atoms with Crippen LogP contribution in [0.5, 0.6) is 0 Å². The maximum Gasteiger partial charge on any atom is 0.306 e. The number of unbranched alkanes of at least 4 members (excludes halogenated alkanes) is 30. The van der Waals surface area contributed by atoms with Crippen molar-refractivity contribution in [2.45, 2.75) is 283 Å². The molecule has 0 aliphatic heterocycles. The number of quaternary nitrogens is 1. The number of carboxylic acid groups (broad SMARTS) is 1. The Bertz CT molecular complexity index is 1460. The number of allylic oxidation sites excluding steroid dienone is 12. The van der Waals surface area contributed by atoms with E-state index in [1.165, 1.54) is 154 Å². The monoisotopic (exact) mass is 1050 g/mol. The molecule has 0 aliphatic rings. The second kappa shape index (κ2) is 56.9. The van der Waals surface area contributed by atoms with Crippen LogP contribution in [-0.4, -0.2) is 82.3 Å². The van der Waals surface area contributed by atoms with E-state index in [0.29, 0.717) is 23.9 Å². The number of hydrogen-bond donors (Lipinski definition) is 0. The van der Waals surface area contributed by atoms with Gasteiger partial charge in [-0.15, -0.1) is 0 Å². The first kappa shape index (κ1) is 71.7. The lowest BCUT2D eigenvalue weighted by molar-refractivity contribution is -0.870. The van der Waals surface area contributed by atoms with E-state index in [0.717, 1.165) is 83.5 Å². The molecule has 75 heavy (non-hydrogen) atoms. The van der Waals surface area contributed by atoms with E-state index in [2.05, 4.69) is 86.8 Å². The minimum atomic E-state index is -1.62. The van der Waals surface area contributed by atoms with Crippen molar-refractivity contribution in [1.29, 1.82) is 0 Å². The Kier molecular flexibility index (Phi) is 54.4. The Morgan fingerprint density at radius 3 is 1.13 bits per heavy atom. The second-order valence-corrected chi connectivity index (χ2v) is 22.0. The van der Waals surface area contributed by atoms with Gasteiger partial charge >= 0.3 is 11.9 Å². The number of ether oxygens (including phenoxy) is 4. The normalized spacial score (nSPS) is 13.2. The molecule has 0 rings (SSSR count). The molecule has 0 radical (unpaired) electrons. The number of carbonyl (C=O) groups excluding carboxylic acids is 3. The summed E-state index contributed by atoms with van der Waals surface area (Å²) in [6.45, 7) is 4.66. The summed E-state index contributed by atoms with van der Waals surface area (Å²) in [6, 6.07) is 0. The van der Waals surface area contributed by atoms with Crippen LogP contribution in [0.2, 0.25) is 0 Å². The first-order valence-electron chi connectivity index (χ1n) is 31.1. The third kappa shape index (κ3) is 58.3. The first-order chi connectivity index (χ1) is 36.6. The summed E-state index contributed by atoms with van der Waals surface area (Å²) < 4.78 is 22.7. The van der Waals surface area contributed by atoms with Gasteiger partial charge in [0.05, 0.1) is 40.3 Å². The van der Waals surface area contributed by atoms with E-state index in [9.17, 15) is 19.5 Å². The molecule has 0 amide bonds. The molecule has 434 valence electrons. The number of carboxylic acids is 1. The zero-order chi connectivity index (χ0) is 54.8. The summed E-state index contributed by atoms with van der Waals surface area (Å²) in [7, 11) is 5.93. The van der Waals surface area contributed by atoms with Crippen LogP contribution in [-0.2, 0) is 33.3 Å². The summed E-state index contributed by atoms with van der Waals surface area (Å²) in [4.78, 5) is 37.4. The fourth-order valence-electron chi connectivity index (χ4n) is 8.72. The van der Waals surface area contributed by atoms with E-state index >= 15 is 0 Å². The summed E-state index contributed by atoms with van der Waals surface area (Å²) in [6.07, 6.45) is 71.0. The summed E-state index contributed by atoms with van der Waals surface area (Å²) in [5.74, 6) is -2.28. The summed E-state index contributed by atoms with van der Waals surface area (Å²) in [5.41, 5.74) is 0. The molecular formula is C66H117NO8. The van der Waals surface area contributed by atoms with Crippen molar-refractivity contribution >= 4 is 17.9 Å². The minimum Gasteiger partial charge on any atom is -0.545 e. The molecular weight excluding hydrogens is 935 g/mol. The molecule has 0 aromatic heterocycles. The Labute approximate surface area is 462 Å². The zero-order valence-electron chi connectivity index (χ0n) is 49.4. The molecule has 2 unspecified atom stereocenters. The molecule has 2 atom stereocenters. The van der Waals surface area contributed by atoms with E-state index in [1.807, 2.05) is 21.1 Å². The molecule has 0 N–H and O–H groups in total. The summed E-state index contributed by atoms with van der Waals surface area (Å²) in [5, 5.41) is 11.8. The lowest BCUT2D eigenvalue weighted by Gasteiger charge is -2.26. The van der Waals surface area contributed by atoms with Crippen LogP contribution in [0.4, 0.5) is 0 Å². The Balaban J connectivity index is 4.21. The highest BCUT2D eigenvalue weighted by molar-refractivity contribution is 5.70. The molecule has 9 heteroatoms. The van der Waals surface area contributed by atoms with E-state index in [4.69, 9.17) is 18.9 Å². The van der Waals surface area contributed by atoms with E-state index in [1.54, 1.807) is 0 Å². The lowest BCUT2D eigenvalue weighted by atomic mass is 10.0. The van der Waals surface area contributed by atoms with Crippen LogP contribution in [0.3, 0.4) is 0 Å². The second-order valence-electron chi connectivity index (χ2n) is 22.0. The van der Waals surface area contributed by atoms with Crippen molar-refractivity contribution in [2.75, 3.05) is 47.5 Å². The Hall–Kier alpha value is -3.27. The van der Waals surface area contributed by atoms with Gasteiger partial charge in [-0.3, -0.25) is 9.59 Å². The Morgan fingerprint density at radius 2 is 0.760 bits per heavy atom. The van der Waals surface area contributed by atoms with Crippen LogP contribution < -0.4 is 5.11 Å². The van der Waals surface area contributed by atoms with Gasteiger partial charge in [-0.05, 0) is 64.2 Å². The van der Waals surface area contributed by atoms with Crippen LogP contribution in [0.15, 0.2) is 72.9 Å². The fraction of sp³-hybridized carbons (Fsp3) is 0.773. The molecule has 9 nitrogen and oxygen atoms in total. The number of esters is 2. The number of aliphatic carboxylic acids is 1. The highest BCUT2D eigenvalue weighted by atomic mass is 16.7. The van der Waals surface area contributed by atoms with Gasteiger partial charge in [0.15, 0.2) is 12.4 Å². The molecule has 0 aromatic rings. The van der Waals surface area contributed by atoms with Gasteiger partial charge in [0.1, 0.15) is 13.2 Å². The largest absolute Gasteiger partial charge is 0.545 e. The van der Waals surface area contributed by atoms with Crippen molar-refractivity contribution in [1.82, 2.24) is 0 Å². The van der Waals surface area contributed by atoms with Crippen LogP contribution in [0.1, 0.15) is 271 Å². The number of rotatable bonds is 57. The van der Waals surface area contributed by atoms with Gasteiger partial charge in [-0.2, -0.15) is 0 Å². The van der Waals surface area contributed by atoms with Gasteiger partial charge in [0.2, 0.25) is 0 Å². The standard InChI is InChI=1S/C66H117NO8/c1-6-8-10-12-14-16-18-20-22-24-26-28-29-30-31-32-33-34-35-37-39-41-43-45-47-49-51-53-55-57-64(69)75-62(61-74-66(65(70)71)72-59-58-67(3,4)5)60-73-63(68)56-54-52-50-48-46-44-42-40-38-36-27-25-23-21-19-17-15-13-11-9-7-2/h8,10,14,16,20,22,26,28,30-31,33-34,62,66H,6-7,9,11-13,15,17-19,21,23-25,27,29,32,35-61H2,1-5H3/b10-8-,16-14-,22-20-,28-26-,31-30-,34-33-. The van der Waals surface area contributed by atoms with E-state index < -0.39 is 24.3 Å². The van der Waals surface area contributed by atoms with Gasteiger partial charge in [-0.25, -0.2) is 0 Å². The number of hydrogen-bond acceptors (Lipinski definition) is 8. The highest BCUT2D eigenvalue weighted by Crippen LogP contribution is 2.17. The molecule has 0 spiro atoms. The van der Waals surface area contributed by atoms with E-state index in [-0.39, 0.29) is 32.2 Å².